The summed E-state index contributed by atoms with van der Waals surface area (Å²) < 4.78 is 6.21. The summed E-state index contributed by atoms with van der Waals surface area (Å²) >= 11 is 0. The van der Waals surface area contributed by atoms with Gasteiger partial charge in [0.15, 0.2) is 8.32 Å². The molecule has 0 aliphatic heterocycles. The van der Waals surface area contributed by atoms with Gasteiger partial charge < -0.3 is 9.27 Å². The van der Waals surface area contributed by atoms with Crippen molar-refractivity contribution < 1.29 is 4.43 Å². The fraction of sp³-hybridized carbons (Fsp3) is 0.611. The lowest BCUT2D eigenvalue weighted by molar-refractivity contribution is 0.292. The molecule has 1 rings (SSSR count). The summed E-state index contributed by atoms with van der Waals surface area (Å²) in [4.78, 5) is 3.67. The zero-order valence-corrected chi connectivity index (χ0v) is 15.6. The molecule has 1 aromatic carbocycles. The maximum atomic E-state index is 7.24. The fourth-order valence-electron chi connectivity index (χ4n) is 1.78. The molecule has 0 heterocycles. The SMILES string of the molecule is [C-]#[N+]C(C)(C)c1ccc(CCO[Si](C)(C)C(C)(C)C)cc1. The lowest BCUT2D eigenvalue weighted by Crippen LogP contribution is -2.41. The van der Waals surface area contributed by atoms with Crippen molar-refractivity contribution in [2.45, 2.75) is 64.7 Å². The first-order valence-corrected chi connectivity index (χ1v) is 10.5. The first-order valence-electron chi connectivity index (χ1n) is 7.61. The van der Waals surface area contributed by atoms with Crippen LogP contribution in [0.4, 0.5) is 0 Å². The van der Waals surface area contributed by atoms with Crippen molar-refractivity contribution >= 4 is 8.32 Å². The van der Waals surface area contributed by atoms with Crippen molar-refractivity contribution in [1.82, 2.24) is 0 Å². The molecule has 0 saturated carbocycles. The van der Waals surface area contributed by atoms with Crippen LogP contribution in [0.2, 0.25) is 18.1 Å². The summed E-state index contributed by atoms with van der Waals surface area (Å²) in [6.07, 6.45) is 0.936. The summed E-state index contributed by atoms with van der Waals surface area (Å²) in [5.41, 5.74) is 1.92. The Morgan fingerprint density at radius 2 is 1.57 bits per heavy atom. The monoisotopic (exact) mass is 303 g/mol. The second-order valence-corrected chi connectivity index (χ2v) is 12.5. The molecule has 1 aromatic rings. The first-order chi connectivity index (χ1) is 9.49. The minimum atomic E-state index is -1.65. The molecule has 0 radical (unpaired) electrons. The van der Waals surface area contributed by atoms with Gasteiger partial charge in [0.25, 0.3) is 5.54 Å². The molecule has 0 unspecified atom stereocenters. The van der Waals surface area contributed by atoms with Gasteiger partial charge in [-0.3, -0.25) is 0 Å². The molecule has 0 bridgehead atoms. The maximum Gasteiger partial charge on any atom is 0.252 e. The van der Waals surface area contributed by atoms with E-state index in [2.05, 4.69) is 63.0 Å². The standard InChI is InChI=1S/C18H29NOSi/c1-17(2,3)21(7,8)20-14-13-15-9-11-16(12-10-15)18(4,5)19-6/h9-12H,13-14H2,1-5,7-8H3. The minimum Gasteiger partial charge on any atom is -0.416 e. The number of hydrogen-bond acceptors (Lipinski definition) is 1. The van der Waals surface area contributed by atoms with Crippen LogP contribution in [0.1, 0.15) is 45.7 Å². The van der Waals surface area contributed by atoms with E-state index in [9.17, 15) is 0 Å². The summed E-state index contributed by atoms with van der Waals surface area (Å²) in [6, 6.07) is 8.38. The number of rotatable bonds is 5. The van der Waals surface area contributed by atoms with Crippen LogP contribution < -0.4 is 0 Å². The van der Waals surface area contributed by atoms with Crippen molar-refractivity contribution in [2.24, 2.45) is 0 Å². The Labute approximate surface area is 131 Å². The molecule has 21 heavy (non-hydrogen) atoms. The van der Waals surface area contributed by atoms with Gasteiger partial charge in [-0.05, 0) is 30.1 Å². The van der Waals surface area contributed by atoms with Crippen LogP contribution in [0.25, 0.3) is 4.85 Å². The first kappa shape index (κ1) is 17.9. The molecule has 0 spiro atoms. The number of benzene rings is 1. The van der Waals surface area contributed by atoms with Gasteiger partial charge in [0.05, 0.1) is 0 Å². The Morgan fingerprint density at radius 3 is 2.00 bits per heavy atom. The molecule has 0 amide bonds. The van der Waals surface area contributed by atoms with Crippen LogP contribution in [-0.4, -0.2) is 14.9 Å². The van der Waals surface area contributed by atoms with Gasteiger partial charge >= 0.3 is 0 Å². The lowest BCUT2D eigenvalue weighted by atomic mass is 9.94. The van der Waals surface area contributed by atoms with E-state index < -0.39 is 13.9 Å². The largest absolute Gasteiger partial charge is 0.416 e. The molecule has 116 valence electrons. The summed E-state index contributed by atoms with van der Waals surface area (Å²) in [7, 11) is -1.65. The van der Waals surface area contributed by atoms with E-state index in [0.29, 0.717) is 0 Å². The van der Waals surface area contributed by atoms with E-state index in [1.807, 2.05) is 13.8 Å². The van der Waals surface area contributed by atoms with E-state index in [1.54, 1.807) is 0 Å². The van der Waals surface area contributed by atoms with Gasteiger partial charge in [0.2, 0.25) is 0 Å². The smallest absolute Gasteiger partial charge is 0.252 e. The van der Waals surface area contributed by atoms with Crippen molar-refractivity contribution in [1.29, 1.82) is 0 Å². The summed E-state index contributed by atoms with van der Waals surface area (Å²) in [5.74, 6) is 0. The van der Waals surface area contributed by atoms with Crippen LogP contribution in [0.15, 0.2) is 24.3 Å². The average molecular weight is 304 g/mol. The maximum absolute atomic E-state index is 7.24. The van der Waals surface area contributed by atoms with Crippen LogP contribution in [0, 0.1) is 6.57 Å². The second-order valence-electron chi connectivity index (χ2n) is 7.73. The van der Waals surface area contributed by atoms with Crippen molar-refractivity contribution in [3.05, 3.63) is 46.8 Å². The van der Waals surface area contributed by atoms with E-state index in [0.717, 1.165) is 18.6 Å². The Balaban J connectivity index is 2.61. The third-order valence-corrected chi connectivity index (χ3v) is 9.14. The van der Waals surface area contributed by atoms with Crippen LogP contribution in [0.3, 0.4) is 0 Å². The molecular formula is C18H29NOSi. The normalized spacial score (nSPS) is 13.0. The summed E-state index contributed by atoms with van der Waals surface area (Å²) in [5, 5.41) is 0.260. The zero-order valence-electron chi connectivity index (χ0n) is 14.6. The van der Waals surface area contributed by atoms with Crippen LogP contribution in [0.5, 0.6) is 0 Å². The van der Waals surface area contributed by atoms with Gasteiger partial charge in [-0.15, -0.1) is 0 Å². The molecule has 0 aromatic heterocycles. The molecule has 2 nitrogen and oxygen atoms in total. The van der Waals surface area contributed by atoms with Crippen molar-refractivity contribution in [3.63, 3.8) is 0 Å². The highest BCUT2D eigenvalue weighted by molar-refractivity contribution is 6.74. The second kappa shape index (κ2) is 6.33. The molecule has 0 N–H and O–H groups in total. The van der Waals surface area contributed by atoms with E-state index in [1.165, 1.54) is 5.56 Å². The third-order valence-electron chi connectivity index (χ3n) is 4.60. The predicted molar refractivity (Wildman–Crippen MR) is 92.9 cm³/mol. The van der Waals surface area contributed by atoms with E-state index in [-0.39, 0.29) is 5.04 Å². The summed E-state index contributed by atoms with van der Waals surface area (Å²) in [6.45, 7) is 23.3. The minimum absolute atomic E-state index is 0.260. The molecule has 0 saturated heterocycles. The Bertz CT molecular complexity index is 504. The highest BCUT2D eigenvalue weighted by atomic mass is 28.4. The number of nitrogens with zero attached hydrogens (tertiary/aromatic N) is 1. The molecule has 3 heteroatoms. The fourth-order valence-corrected chi connectivity index (χ4v) is 2.83. The molecule has 0 atom stereocenters. The van der Waals surface area contributed by atoms with E-state index >= 15 is 0 Å². The Hall–Kier alpha value is -1.11. The molecule has 0 aliphatic rings. The predicted octanol–water partition coefficient (Wildman–Crippen LogP) is 5.41. The van der Waals surface area contributed by atoms with Crippen molar-refractivity contribution in [3.8, 4) is 0 Å². The van der Waals surface area contributed by atoms with Gasteiger partial charge in [0.1, 0.15) is 0 Å². The number of hydrogen-bond donors (Lipinski definition) is 0. The quantitative estimate of drug-likeness (QED) is 0.524. The van der Waals surface area contributed by atoms with Crippen LogP contribution in [-0.2, 0) is 16.4 Å². The molecular weight excluding hydrogens is 274 g/mol. The van der Waals surface area contributed by atoms with Gasteiger partial charge in [-0.1, -0.05) is 45.0 Å². The Kier molecular flexibility index (Phi) is 5.41. The van der Waals surface area contributed by atoms with Gasteiger partial charge in [0, 0.05) is 26.0 Å². The zero-order chi connectivity index (χ0) is 16.3. The van der Waals surface area contributed by atoms with Crippen molar-refractivity contribution in [2.75, 3.05) is 6.61 Å². The molecule has 0 fully saturated rings. The molecule has 0 aliphatic carbocycles. The lowest BCUT2D eigenvalue weighted by Gasteiger charge is -2.36. The highest BCUT2D eigenvalue weighted by Gasteiger charge is 2.36. The average Bonchev–Trinajstić information content (AvgIpc) is 2.38. The van der Waals surface area contributed by atoms with Gasteiger partial charge in [-0.25, -0.2) is 6.57 Å². The highest BCUT2D eigenvalue weighted by Crippen LogP contribution is 2.36. The van der Waals surface area contributed by atoms with Crippen LogP contribution >= 0.6 is 0 Å². The topological polar surface area (TPSA) is 13.6 Å². The third kappa shape index (κ3) is 4.69. The van der Waals surface area contributed by atoms with Gasteiger partial charge in [-0.2, -0.15) is 0 Å². The Morgan fingerprint density at radius 1 is 1.05 bits per heavy atom. The van der Waals surface area contributed by atoms with E-state index in [4.69, 9.17) is 11.0 Å².